The summed E-state index contributed by atoms with van der Waals surface area (Å²) in [5.41, 5.74) is 2.37. The number of rotatable bonds is 6. The highest BCUT2D eigenvalue weighted by atomic mass is 28.3. The molecule has 0 aromatic carbocycles. The van der Waals surface area contributed by atoms with Gasteiger partial charge in [0.05, 0.1) is 8.07 Å². The molecule has 2 aliphatic carbocycles. The zero-order valence-corrected chi connectivity index (χ0v) is 16.3. The maximum Gasteiger partial charge on any atom is 0.0597 e. The van der Waals surface area contributed by atoms with Gasteiger partial charge in [-0.05, 0) is 22.9 Å². The van der Waals surface area contributed by atoms with Gasteiger partial charge in [-0.3, -0.25) is 0 Å². The second-order valence-corrected chi connectivity index (χ2v) is 13.7. The summed E-state index contributed by atoms with van der Waals surface area (Å²) < 4.78 is 0. The van der Waals surface area contributed by atoms with Gasteiger partial charge in [-0.25, -0.2) is 0 Å². The summed E-state index contributed by atoms with van der Waals surface area (Å²) in [6.45, 7) is 9.91. The monoisotopic (exact) mass is 308 g/mol. The highest BCUT2D eigenvalue weighted by Gasteiger charge is 2.46. The van der Waals surface area contributed by atoms with E-state index in [0.29, 0.717) is 0 Å². The van der Waals surface area contributed by atoms with Crippen molar-refractivity contribution in [2.75, 3.05) is 0 Å². The summed E-state index contributed by atoms with van der Waals surface area (Å²) >= 11 is 0. The normalized spacial score (nSPS) is 34.9. The van der Waals surface area contributed by atoms with Crippen LogP contribution in [0.5, 0.6) is 0 Å². The Labute approximate surface area is 135 Å². The minimum absolute atomic E-state index is 1.02. The third-order valence-corrected chi connectivity index (χ3v) is 14.4. The van der Waals surface area contributed by atoms with Crippen molar-refractivity contribution in [3.63, 3.8) is 0 Å². The van der Waals surface area contributed by atoms with Crippen LogP contribution < -0.4 is 0 Å². The fourth-order valence-electron chi connectivity index (χ4n) is 5.88. The molecule has 0 nitrogen and oxygen atoms in total. The zero-order chi connectivity index (χ0) is 15.3. The third kappa shape index (κ3) is 4.15. The SMILES string of the molecule is CCC[Si](CCC)(C1CCC(C)CC1)C1CCC(C)CC1. The highest BCUT2D eigenvalue weighted by molar-refractivity contribution is 6.82. The van der Waals surface area contributed by atoms with Crippen LogP contribution in [0.2, 0.25) is 23.2 Å². The third-order valence-electron chi connectivity index (χ3n) is 7.09. The van der Waals surface area contributed by atoms with Crippen molar-refractivity contribution < 1.29 is 0 Å². The molecule has 0 aliphatic heterocycles. The Morgan fingerprint density at radius 3 is 1.24 bits per heavy atom. The molecule has 0 bridgehead atoms. The first-order valence-electron chi connectivity index (χ1n) is 10.1. The highest BCUT2D eigenvalue weighted by Crippen LogP contribution is 2.54. The molecule has 0 aromatic heterocycles. The molecule has 0 saturated heterocycles. The lowest BCUT2D eigenvalue weighted by Gasteiger charge is -2.49. The van der Waals surface area contributed by atoms with Crippen LogP contribution in [0.4, 0.5) is 0 Å². The molecular weight excluding hydrogens is 268 g/mol. The van der Waals surface area contributed by atoms with Crippen molar-refractivity contribution in [2.24, 2.45) is 11.8 Å². The summed E-state index contributed by atoms with van der Waals surface area (Å²) in [5.74, 6) is 2.03. The van der Waals surface area contributed by atoms with E-state index in [0.717, 1.165) is 11.8 Å². The van der Waals surface area contributed by atoms with E-state index < -0.39 is 8.07 Å². The second kappa shape index (κ2) is 8.18. The number of hydrogen-bond acceptors (Lipinski definition) is 0. The first-order valence-corrected chi connectivity index (χ1v) is 12.7. The first-order chi connectivity index (χ1) is 10.1. The molecule has 0 heterocycles. The Hall–Kier alpha value is 0.217. The predicted octanol–water partition coefficient (Wildman–Crippen LogP) is 7.42. The lowest BCUT2D eigenvalue weighted by Crippen LogP contribution is -2.46. The Kier molecular flexibility index (Phi) is 6.84. The standard InChI is InChI=1S/C20H40Si/c1-5-15-21(16-6-2,19-11-7-17(3)8-12-19)20-13-9-18(4)10-14-20/h17-20H,5-16H2,1-4H3. The Morgan fingerprint density at radius 2 is 0.952 bits per heavy atom. The van der Waals surface area contributed by atoms with E-state index in [-0.39, 0.29) is 0 Å². The second-order valence-electron chi connectivity index (χ2n) is 8.65. The van der Waals surface area contributed by atoms with Gasteiger partial charge in [0.15, 0.2) is 0 Å². The van der Waals surface area contributed by atoms with E-state index in [4.69, 9.17) is 0 Å². The van der Waals surface area contributed by atoms with Gasteiger partial charge < -0.3 is 0 Å². The molecule has 0 aromatic rings. The average molecular weight is 309 g/mol. The molecule has 1 heteroatoms. The molecule has 21 heavy (non-hydrogen) atoms. The molecule has 0 amide bonds. The first kappa shape index (κ1) is 17.6. The van der Waals surface area contributed by atoms with Gasteiger partial charge in [0, 0.05) is 0 Å². The van der Waals surface area contributed by atoms with Crippen LogP contribution in [0.25, 0.3) is 0 Å². The predicted molar refractivity (Wildman–Crippen MR) is 98.7 cm³/mol. The Morgan fingerprint density at radius 1 is 0.619 bits per heavy atom. The van der Waals surface area contributed by atoms with Crippen molar-refractivity contribution in [1.29, 1.82) is 0 Å². The minimum atomic E-state index is -1.05. The van der Waals surface area contributed by atoms with Crippen LogP contribution in [-0.2, 0) is 0 Å². The summed E-state index contributed by atoms with van der Waals surface area (Å²) in [7, 11) is -1.05. The lowest BCUT2D eigenvalue weighted by atomic mass is 9.90. The topological polar surface area (TPSA) is 0 Å². The van der Waals surface area contributed by atoms with Crippen molar-refractivity contribution in [2.45, 2.75) is 115 Å². The molecule has 0 N–H and O–H groups in total. The lowest BCUT2D eigenvalue weighted by molar-refractivity contribution is 0.350. The van der Waals surface area contributed by atoms with Crippen molar-refractivity contribution >= 4 is 8.07 Å². The van der Waals surface area contributed by atoms with Gasteiger partial charge in [0.1, 0.15) is 0 Å². The van der Waals surface area contributed by atoms with Gasteiger partial charge in [0.25, 0.3) is 0 Å². The summed E-state index contributed by atoms with van der Waals surface area (Å²) in [4.78, 5) is 0. The summed E-state index contributed by atoms with van der Waals surface area (Å²) in [6.07, 6.45) is 15.5. The quantitative estimate of drug-likeness (QED) is 0.448. The fraction of sp³-hybridized carbons (Fsp3) is 1.00. The van der Waals surface area contributed by atoms with Crippen LogP contribution in [0.1, 0.15) is 91.9 Å². The molecule has 2 fully saturated rings. The van der Waals surface area contributed by atoms with E-state index in [2.05, 4.69) is 27.7 Å². The largest absolute Gasteiger partial charge is 0.0656 e. The maximum absolute atomic E-state index is 2.49. The van der Waals surface area contributed by atoms with Crippen molar-refractivity contribution in [3.05, 3.63) is 0 Å². The van der Waals surface area contributed by atoms with Gasteiger partial charge in [-0.15, -0.1) is 0 Å². The maximum atomic E-state index is 2.49. The van der Waals surface area contributed by atoms with Crippen molar-refractivity contribution in [3.8, 4) is 0 Å². The van der Waals surface area contributed by atoms with Crippen LogP contribution in [0.3, 0.4) is 0 Å². The Balaban J connectivity index is 2.15. The van der Waals surface area contributed by atoms with E-state index >= 15 is 0 Å². The average Bonchev–Trinajstić information content (AvgIpc) is 2.48. The summed E-state index contributed by atoms with van der Waals surface area (Å²) in [6, 6.07) is 3.30. The van der Waals surface area contributed by atoms with E-state index in [1.165, 1.54) is 49.6 Å². The van der Waals surface area contributed by atoms with Gasteiger partial charge >= 0.3 is 0 Å². The molecule has 0 unspecified atom stereocenters. The van der Waals surface area contributed by atoms with E-state index in [1.807, 2.05) is 0 Å². The van der Waals surface area contributed by atoms with Crippen LogP contribution in [-0.4, -0.2) is 8.07 Å². The van der Waals surface area contributed by atoms with Crippen molar-refractivity contribution in [1.82, 2.24) is 0 Å². The van der Waals surface area contributed by atoms with Crippen LogP contribution >= 0.6 is 0 Å². The Bertz CT molecular complexity index is 252. The van der Waals surface area contributed by atoms with E-state index in [9.17, 15) is 0 Å². The van der Waals surface area contributed by atoms with Gasteiger partial charge in [0.2, 0.25) is 0 Å². The molecular formula is C20H40Si. The fourth-order valence-corrected chi connectivity index (χ4v) is 13.3. The zero-order valence-electron chi connectivity index (χ0n) is 15.3. The number of hydrogen-bond donors (Lipinski definition) is 0. The summed E-state index contributed by atoms with van der Waals surface area (Å²) in [5, 5.41) is 0. The minimum Gasteiger partial charge on any atom is -0.0656 e. The van der Waals surface area contributed by atoms with Crippen LogP contribution in [0, 0.1) is 11.8 Å². The van der Waals surface area contributed by atoms with Gasteiger partial charge in [-0.2, -0.15) is 0 Å². The molecule has 124 valence electrons. The van der Waals surface area contributed by atoms with Crippen LogP contribution in [0.15, 0.2) is 0 Å². The molecule has 0 radical (unpaired) electrons. The molecule has 2 rings (SSSR count). The van der Waals surface area contributed by atoms with Gasteiger partial charge in [-0.1, -0.05) is 104 Å². The smallest absolute Gasteiger partial charge is 0.0597 e. The van der Waals surface area contributed by atoms with E-state index in [1.54, 1.807) is 37.8 Å². The molecule has 0 atom stereocenters. The molecule has 2 aliphatic rings. The molecule has 2 saturated carbocycles. The molecule has 0 spiro atoms.